The molecule has 0 spiro atoms. The van der Waals surface area contributed by atoms with Gasteiger partial charge < -0.3 is 15.2 Å². The Kier molecular flexibility index (Phi) is 4.68. The van der Waals surface area contributed by atoms with Gasteiger partial charge in [0, 0.05) is 4.47 Å². The molecule has 0 amide bonds. The minimum absolute atomic E-state index is 0.458. The Morgan fingerprint density at radius 3 is 2.42 bits per heavy atom. The maximum atomic E-state index is 5.79. The molecule has 3 nitrogen and oxygen atoms in total. The van der Waals surface area contributed by atoms with Gasteiger partial charge in [0.25, 0.3) is 0 Å². The average molecular weight is 322 g/mol. The minimum atomic E-state index is 0.458. The van der Waals surface area contributed by atoms with Gasteiger partial charge in [-0.25, -0.2) is 0 Å². The molecular weight excluding hydrogens is 306 g/mol. The highest BCUT2D eigenvalue weighted by atomic mass is 79.9. The number of ether oxygens (including phenoxy) is 2. The van der Waals surface area contributed by atoms with E-state index in [1.807, 2.05) is 49.4 Å². The minimum Gasteiger partial charge on any atom is -0.490 e. The first-order chi connectivity index (χ1) is 9.16. The van der Waals surface area contributed by atoms with E-state index in [1.54, 1.807) is 0 Å². The Morgan fingerprint density at radius 2 is 1.68 bits per heavy atom. The van der Waals surface area contributed by atoms with Crippen molar-refractivity contribution in [3.05, 3.63) is 52.5 Å². The topological polar surface area (TPSA) is 44.5 Å². The van der Waals surface area contributed by atoms with E-state index in [-0.39, 0.29) is 0 Å². The van der Waals surface area contributed by atoms with Crippen LogP contribution in [0.2, 0.25) is 0 Å². The number of hydrogen-bond acceptors (Lipinski definition) is 3. The number of nitrogen functional groups attached to an aromatic ring is 1. The number of hydrogen-bond donors (Lipinski definition) is 1. The summed E-state index contributed by atoms with van der Waals surface area (Å²) < 4.78 is 12.3. The Bertz CT molecular complexity index is 558. The van der Waals surface area contributed by atoms with Gasteiger partial charge in [-0.1, -0.05) is 34.1 Å². The van der Waals surface area contributed by atoms with Crippen molar-refractivity contribution in [1.29, 1.82) is 0 Å². The van der Waals surface area contributed by atoms with Crippen LogP contribution in [0.4, 0.5) is 5.69 Å². The number of aryl methyl sites for hydroxylation is 1. The summed E-state index contributed by atoms with van der Waals surface area (Å²) in [5.74, 6) is 1.55. The molecule has 0 unspecified atom stereocenters. The molecule has 0 bridgehead atoms. The van der Waals surface area contributed by atoms with E-state index < -0.39 is 0 Å². The van der Waals surface area contributed by atoms with E-state index in [4.69, 9.17) is 15.2 Å². The molecule has 4 heteroatoms. The maximum absolute atomic E-state index is 5.79. The molecule has 2 aromatic rings. The highest BCUT2D eigenvalue weighted by Gasteiger charge is 2.02. The molecule has 0 radical (unpaired) electrons. The Morgan fingerprint density at radius 1 is 1.00 bits per heavy atom. The summed E-state index contributed by atoms with van der Waals surface area (Å²) >= 11 is 3.42. The molecule has 2 rings (SSSR count). The molecule has 0 fully saturated rings. The third-order valence-corrected chi connectivity index (χ3v) is 3.16. The van der Waals surface area contributed by atoms with Gasteiger partial charge in [-0.2, -0.15) is 0 Å². The molecular formula is C15H16BrNO2. The standard InChI is InChI=1S/C15H16BrNO2/c1-11-6-7-12(16)10-15(11)19-9-8-18-14-5-3-2-4-13(14)17/h2-7,10H,8-9,17H2,1H3. The number of para-hydroxylation sites is 2. The Hall–Kier alpha value is -1.68. The summed E-state index contributed by atoms with van der Waals surface area (Å²) in [6, 6.07) is 13.4. The fraction of sp³-hybridized carbons (Fsp3) is 0.200. The zero-order chi connectivity index (χ0) is 13.7. The molecule has 2 N–H and O–H groups in total. The predicted molar refractivity (Wildman–Crippen MR) is 80.7 cm³/mol. The van der Waals surface area contributed by atoms with Crippen molar-refractivity contribution in [2.45, 2.75) is 6.92 Å². The van der Waals surface area contributed by atoms with Gasteiger partial charge in [0.1, 0.15) is 24.7 Å². The molecule has 2 aromatic carbocycles. The number of nitrogens with two attached hydrogens (primary N) is 1. The van der Waals surface area contributed by atoms with Crippen LogP contribution in [-0.4, -0.2) is 13.2 Å². The van der Waals surface area contributed by atoms with Crippen LogP contribution < -0.4 is 15.2 Å². The smallest absolute Gasteiger partial charge is 0.142 e. The van der Waals surface area contributed by atoms with Gasteiger partial charge >= 0.3 is 0 Å². The van der Waals surface area contributed by atoms with Gasteiger partial charge in [-0.05, 0) is 36.8 Å². The van der Waals surface area contributed by atoms with Crippen molar-refractivity contribution < 1.29 is 9.47 Å². The van der Waals surface area contributed by atoms with Crippen molar-refractivity contribution in [1.82, 2.24) is 0 Å². The highest BCUT2D eigenvalue weighted by molar-refractivity contribution is 9.10. The predicted octanol–water partition coefficient (Wildman–Crippen LogP) is 3.80. The van der Waals surface area contributed by atoms with Gasteiger partial charge in [-0.15, -0.1) is 0 Å². The van der Waals surface area contributed by atoms with Crippen LogP contribution in [0.1, 0.15) is 5.56 Å². The largest absolute Gasteiger partial charge is 0.490 e. The lowest BCUT2D eigenvalue weighted by atomic mass is 10.2. The SMILES string of the molecule is Cc1ccc(Br)cc1OCCOc1ccccc1N. The molecule has 100 valence electrons. The fourth-order valence-electron chi connectivity index (χ4n) is 1.64. The van der Waals surface area contributed by atoms with Crippen LogP contribution in [0.5, 0.6) is 11.5 Å². The van der Waals surface area contributed by atoms with Crippen LogP contribution in [0.3, 0.4) is 0 Å². The van der Waals surface area contributed by atoms with Gasteiger partial charge in [0.2, 0.25) is 0 Å². The second kappa shape index (κ2) is 6.48. The van der Waals surface area contributed by atoms with E-state index in [1.165, 1.54) is 0 Å². The van der Waals surface area contributed by atoms with Gasteiger partial charge in [0.05, 0.1) is 5.69 Å². The summed E-state index contributed by atoms with van der Waals surface area (Å²) in [6.45, 7) is 2.95. The van der Waals surface area contributed by atoms with Crippen LogP contribution >= 0.6 is 15.9 Å². The third-order valence-electron chi connectivity index (χ3n) is 2.67. The average Bonchev–Trinajstić information content (AvgIpc) is 2.40. The molecule has 0 aromatic heterocycles. The van der Waals surface area contributed by atoms with Crippen LogP contribution in [0.15, 0.2) is 46.9 Å². The molecule has 0 aliphatic rings. The van der Waals surface area contributed by atoms with E-state index in [0.29, 0.717) is 24.7 Å². The summed E-state index contributed by atoms with van der Waals surface area (Å²) in [7, 11) is 0. The maximum Gasteiger partial charge on any atom is 0.142 e. The lowest BCUT2D eigenvalue weighted by Gasteiger charge is -2.11. The third kappa shape index (κ3) is 3.89. The van der Waals surface area contributed by atoms with Crippen molar-refractivity contribution >= 4 is 21.6 Å². The van der Waals surface area contributed by atoms with E-state index in [9.17, 15) is 0 Å². The summed E-state index contributed by atoms with van der Waals surface area (Å²) in [4.78, 5) is 0. The number of rotatable bonds is 5. The summed E-state index contributed by atoms with van der Waals surface area (Å²) in [5, 5.41) is 0. The Balaban J connectivity index is 1.84. The zero-order valence-electron chi connectivity index (χ0n) is 10.7. The second-order valence-corrected chi connectivity index (χ2v) is 5.06. The second-order valence-electron chi connectivity index (χ2n) is 4.14. The zero-order valence-corrected chi connectivity index (χ0v) is 12.3. The molecule has 0 aliphatic carbocycles. The van der Waals surface area contributed by atoms with Crippen LogP contribution in [0, 0.1) is 6.92 Å². The Labute approximate surface area is 121 Å². The lowest BCUT2D eigenvalue weighted by Crippen LogP contribution is -2.10. The van der Waals surface area contributed by atoms with Gasteiger partial charge in [-0.3, -0.25) is 0 Å². The van der Waals surface area contributed by atoms with E-state index in [0.717, 1.165) is 15.8 Å². The first-order valence-corrected chi connectivity index (χ1v) is 6.82. The van der Waals surface area contributed by atoms with Crippen LogP contribution in [-0.2, 0) is 0 Å². The molecule has 0 aliphatic heterocycles. The molecule has 0 saturated heterocycles. The fourth-order valence-corrected chi connectivity index (χ4v) is 1.98. The van der Waals surface area contributed by atoms with Gasteiger partial charge in [0.15, 0.2) is 0 Å². The highest BCUT2D eigenvalue weighted by Crippen LogP contribution is 2.23. The van der Waals surface area contributed by atoms with Crippen molar-refractivity contribution in [3.63, 3.8) is 0 Å². The van der Waals surface area contributed by atoms with Crippen molar-refractivity contribution in [2.75, 3.05) is 18.9 Å². The summed E-state index contributed by atoms with van der Waals surface area (Å²) in [5.41, 5.74) is 7.53. The number of anilines is 1. The van der Waals surface area contributed by atoms with E-state index >= 15 is 0 Å². The molecule has 0 saturated carbocycles. The quantitative estimate of drug-likeness (QED) is 0.673. The first-order valence-electron chi connectivity index (χ1n) is 6.03. The first kappa shape index (κ1) is 13.7. The monoisotopic (exact) mass is 321 g/mol. The summed E-state index contributed by atoms with van der Waals surface area (Å²) in [6.07, 6.45) is 0. The molecule has 19 heavy (non-hydrogen) atoms. The normalized spacial score (nSPS) is 10.2. The van der Waals surface area contributed by atoms with Crippen LogP contribution in [0.25, 0.3) is 0 Å². The number of benzene rings is 2. The van der Waals surface area contributed by atoms with Crippen molar-refractivity contribution in [2.24, 2.45) is 0 Å². The van der Waals surface area contributed by atoms with Crippen molar-refractivity contribution in [3.8, 4) is 11.5 Å². The molecule has 0 atom stereocenters. The van der Waals surface area contributed by atoms with E-state index in [2.05, 4.69) is 15.9 Å². The number of halogens is 1. The lowest BCUT2D eigenvalue weighted by molar-refractivity contribution is 0.217. The molecule has 0 heterocycles.